The highest BCUT2D eigenvalue weighted by Crippen LogP contribution is 2.34. The first-order valence-electron chi connectivity index (χ1n) is 8.49. The van der Waals surface area contributed by atoms with Gasteiger partial charge in [0.2, 0.25) is 5.91 Å². The molecule has 0 unspecified atom stereocenters. The van der Waals surface area contributed by atoms with Crippen LogP contribution in [-0.4, -0.2) is 46.0 Å². The maximum atomic E-state index is 12.2. The molecule has 0 bridgehead atoms. The second-order valence-corrected chi connectivity index (χ2v) is 6.21. The molecule has 1 aromatic heterocycles. The predicted octanol–water partition coefficient (Wildman–Crippen LogP) is 1.32. The Morgan fingerprint density at radius 2 is 2.23 bits per heavy atom. The van der Waals surface area contributed by atoms with E-state index < -0.39 is 6.09 Å². The van der Waals surface area contributed by atoms with Crippen molar-refractivity contribution in [1.29, 1.82) is 0 Å². The number of benzene rings is 1. The quantitative estimate of drug-likeness (QED) is 0.886. The second-order valence-electron chi connectivity index (χ2n) is 6.21. The van der Waals surface area contributed by atoms with Crippen molar-refractivity contribution in [3.05, 3.63) is 29.8 Å². The Morgan fingerprint density at radius 3 is 3.04 bits per heavy atom. The Balaban J connectivity index is 1.54. The fraction of sp³-hybridized carbons (Fsp3) is 0.412. The van der Waals surface area contributed by atoms with E-state index in [2.05, 4.69) is 15.5 Å². The predicted molar refractivity (Wildman–Crippen MR) is 91.3 cm³/mol. The van der Waals surface area contributed by atoms with Crippen LogP contribution in [0.5, 0.6) is 5.75 Å². The molecule has 2 aliphatic rings. The summed E-state index contributed by atoms with van der Waals surface area (Å²) >= 11 is 0. The molecule has 2 amide bonds. The highest BCUT2D eigenvalue weighted by atomic mass is 16.6. The number of rotatable bonds is 4. The molecular formula is C17H19N5O4. The van der Waals surface area contributed by atoms with E-state index in [1.165, 1.54) is 0 Å². The molecule has 3 heterocycles. The van der Waals surface area contributed by atoms with Gasteiger partial charge >= 0.3 is 6.09 Å². The van der Waals surface area contributed by atoms with Crippen LogP contribution in [0.15, 0.2) is 18.2 Å². The van der Waals surface area contributed by atoms with E-state index in [0.717, 1.165) is 17.3 Å². The van der Waals surface area contributed by atoms with Gasteiger partial charge in [-0.15, -0.1) is 10.2 Å². The Bertz CT molecular complexity index is 878. The fourth-order valence-corrected chi connectivity index (χ4v) is 3.12. The van der Waals surface area contributed by atoms with Gasteiger partial charge in [0.1, 0.15) is 24.3 Å². The maximum absolute atomic E-state index is 12.2. The average Bonchev–Trinajstić information content (AvgIpc) is 3.22. The van der Waals surface area contributed by atoms with Gasteiger partial charge in [-0.05, 0) is 19.1 Å². The van der Waals surface area contributed by atoms with Crippen molar-refractivity contribution < 1.29 is 19.1 Å². The lowest BCUT2D eigenvalue weighted by molar-refractivity contribution is -0.121. The van der Waals surface area contributed by atoms with Gasteiger partial charge in [0, 0.05) is 12.5 Å². The molecule has 136 valence electrons. The summed E-state index contributed by atoms with van der Waals surface area (Å²) in [5, 5.41) is 10.9. The molecule has 9 nitrogen and oxygen atoms in total. The van der Waals surface area contributed by atoms with Crippen LogP contribution >= 0.6 is 0 Å². The molecule has 9 heteroatoms. The lowest BCUT2D eigenvalue weighted by atomic mass is 10.2. The van der Waals surface area contributed by atoms with E-state index >= 15 is 0 Å². The number of aromatic nitrogens is 3. The van der Waals surface area contributed by atoms with Crippen LogP contribution in [0.3, 0.4) is 0 Å². The number of nitrogens with one attached hydrogen (secondary N) is 1. The van der Waals surface area contributed by atoms with E-state index in [9.17, 15) is 9.59 Å². The van der Waals surface area contributed by atoms with Gasteiger partial charge in [0.25, 0.3) is 0 Å². The number of anilines is 1. The number of hydrogen-bond acceptors (Lipinski definition) is 6. The van der Waals surface area contributed by atoms with Gasteiger partial charge < -0.3 is 14.8 Å². The largest absolute Gasteiger partial charge is 0.483 e. The van der Waals surface area contributed by atoms with E-state index in [4.69, 9.17) is 9.47 Å². The SMILES string of the molecule is CCC(=O)NC[C@H]1CN(c2ccc3c(c2)OCc2nnc(C)n2-3)C(=O)O1. The lowest BCUT2D eigenvalue weighted by Crippen LogP contribution is -2.34. The van der Waals surface area contributed by atoms with Crippen molar-refractivity contribution in [3.8, 4) is 11.4 Å². The number of hydrogen-bond donors (Lipinski definition) is 1. The zero-order valence-electron chi connectivity index (χ0n) is 14.6. The van der Waals surface area contributed by atoms with Crippen molar-refractivity contribution in [2.24, 2.45) is 0 Å². The molecule has 0 spiro atoms. The molecule has 26 heavy (non-hydrogen) atoms. The summed E-state index contributed by atoms with van der Waals surface area (Å²) in [4.78, 5) is 25.1. The van der Waals surface area contributed by atoms with Gasteiger partial charge in [0.05, 0.1) is 24.5 Å². The summed E-state index contributed by atoms with van der Waals surface area (Å²) in [7, 11) is 0. The molecule has 1 N–H and O–H groups in total. The molecule has 1 saturated heterocycles. The molecular weight excluding hydrogens is 338 g/mol. The number of amides is 2. The number of carbonyl (C=O) groups is 2. The van der Waals surface area contributed by atoms with Gasteiger partial charge in [-0.2, -0.15) is 0 Å². The zero-order chi connectivity index (χ0) is 18.3. The summed E-state index contributed by atoms with van der Waals surface area (Å²) in [6.07, 6.45) is -0.406. The zero-order valence-corrected chi connectivity index (χ0v) is 14.6. The first-order chi connectivity index (χ1) is 12.6. The summed E-state index contributed by atoms with van der Waals surface area (Å²) in [6.45, 7) is 4.66. The molecule has 0 saturated carbocycles. The maximum Gasteiger partial charge on any atom is 0.414 e. The highest BCUT2D eigenvalue weighted by Gasteiger charge is 2.33. The van der Waals surface area contributed by atoms with Crippen molar-refractivity contribution >= 4 is 17.7 Å². The highest BCUT2D eigenvalue weighted by molar-refractivity contribution is 5.90. The van der Waals surface area contributed by atoms with Crippen molar-refractivity contribution in [1.82, 2.24) is 20.1 Å². The molecule has 1 atom stereocenters. The second kappa shape index (κ2) is 6.32. The molecule has 0 radical (unpaired) electrons. The molecule has 4 rings (SSSR count). The minimum absolute atomic E-state index is 0.0678. The Labute approximate surface area is 149 Å². The van der Waals surface area contributed by atoms with E-state index in [1.807, 2.05) is 29.7 Å². The number of nitrogens with zero attached hydrogens (tertiary/aromatic N) is 4. The minimum Gasteiger partial charge on any atom is -0.483 e. The summed E-state index contributed by atoms with van der Waals surface area (Å²) in [6, 6.07) is 5.53. The lowest BCUT2D eigenvalue weighted by Gasteiger charge is -2.22. The topological polar surface area (TPSA) is 98.6 Å². The number of fused-ring (bicyclic) bond motifs is 3. The molecule has 1 aromatic carbocycles. The summed E-state index contributed by atoms with van der Waals surface area (Å²) in [5.74, 6) is 2.12. The van der Waals surface area contributed by atoms with Crippen LogP contribution in [0.1, 0.15) is 25.0 Å². The third-order valence-corrected chi connectivity index (χ3v) is 4.47. The van der Waals surface area contributed by atoms with Crippen LogP contribution in [-0.2, 0) is 16.1 Å². The van der Waals surface area contributed by atoms with E-state index in [1.54, 1.807) is 11.8 Å². The van der Waals surface area contributed by atoms with Gasteiger partial charge in [-0.25, -0.2) is 4.79 Å². The van der Waals surface area contributed by atoms with Crippen molar-refractivity contribution in [2.45, 2.75) is 33.0 Å². The summed E-state index contributed by atoms with van der Waals surface area (Å²) in [5.41, 5.74) is 1.53. The Hall–Kier alpha value is -3.10. The van der Waals surface area contributed by atoms with Gasteiger partial charge in [0.15, 0.2) is 5.82 Å². The third-order valence-electron chi connectivity index (χ3n) is 4.47. The van der Waals surface area contributed by atoms with Crippen LogP contribution < -0.4 is 15.0 Å². The van der Waals surface area contributed by atoms with Gasteiger partial charge in [-0.3, -0.25) is 14.3 Å². The average molecular weight is 357 g/mol. The Morgan fingerprint density at radius 1 is 1.38 bits per heavy atom. The molecule has 0 aliphatic carbocycles. The number of aryl methyl sites for hydroxylation is 1. The molecule has 1 fully saturated rings. The smallest absolute Gasteiger partial charge is 0.414 e. The van der Waals surface area contributed by atoms with Crippen LogP contribution in [0.25, 0.3) is 5.69 Å². The first-order valence-corrected chi connectivity index (χ1v) is 8.49. The van der Waals surface area contributed by atoms with Gasteiger partial charge in [-0.1, -0.05) is 6.92 Å². The number of cyclic esters (lactones) is 1. The fourth-order valence-electron chi connectivity index (χ4n) is 3.12. The van der Waals surface area contributed by atoms with E-state index in [-0.39, 0.29) is 12.0 Å². The number of ether oxygens (including phenoxy) is 2. The first kappa shape index (κ1) is 16.4. The van der Waals surface area contributed by atoms with Crippen LogP contribution in [0.2, 0.25) is 0 Å². The standard InChI is InChI=1S/C17H19N5O4/c1-3-16(23)18-7-12-8-21(17(24)26-12)11-4-5-13-14(6-11)25-9-15-20-19-10(2)22(13)15/h4-6,12H,3,7-9H2,1-2H3,(H,18,23)/t12-/m0/s1. The van der Waals surface area contributed by atoms with E-state index in [0.29, 0.717) is 37.6 Å². The van der Waals surface area contributed by atoms with Crippen molar-refractivity contribution in [2.75, 3.05) is 18.0 Å². The molecule has 2 aliphatic heterocycles. The molecule has 2 aromatic rings. The normalized spacial score (nSPS) is 18.0. The van der Waals surface area contributed by atoms with Crippen LogP contribution in [0, 0.1) is 6.92 Å². The Kier molecular flexibility index (Phi) is 3.98. The number of carbonyl (C=O) groups excluding carboxylic acids is 2. The van der Waals surface area contributed by atoms with Crippen molar-refractivity contribution in [3.63, 3.8) is 0 Å². The van der Waals surface area contributed by atoms with Crippen LogP contribution in [0.4, 0.5) is 10.5 Å². The third kappa shape index (κ3) is 2.75. The minimum atomic E-state index is -0.433. The summed E-state index contributed by atoms with van der Waals surface area (Å²) < 4.78 is 13.0. The monoisotopic (exact) mass is 357 g/mol.